The van der Waals surface area contributed by atoms with Gasteiger partial charge >= 0.3 is 5.69 Å². The molecule has 9 heteroatoms. The smallest absolute Gasteiger partial charge is 0.310 e. The van der Waals surface area contributed by atoms with E-state index in [1.165, 1.54) is 6.07 Å². The van der Waals surface area contributed by atoms with E-state index >= 15 is 0 Å². The average molecular weight is 304 g/mol. The first-order valence-electron chi connectivity index (χ1n) is 6.42. The molecule has 2 rings (SSSR count). The van der Waals surface area contributed by atoms with Gasteiger partial charge in [0.1, 0.15) is 6.61 Å². The van der Waals surface area contributed by atoms with Crippen molar-refractivity contribution in [2.45, 2.75) is 13.5 Å². The number of nitrogen functional groups attached to an aromatic ring is 1. The number of nitrogens with zero attached hydrogens (tertiary/aromatic N) is 5. The summed E-state index contributed by atoms with van der Waals surface area (Å²) in [6.07, 6.45) is 0. The van der Waals surface area contributed by atoms with E-state index in [0.717, 1.165) is 5.56 Å². The monoisotopic (exact) mass is 304 g/mol. The number of nitro groups is 1. The Morgan fingerprint density at radius 1 is 1.32 bits per heavy atom. The van der Waals surface area contributed by atoms with E-state index in [0.29, 0.717) is 11.8 Å². The van der Waals surface area contributed by atoms with Gasteiger partial charge in [-0.05, 0) is 18.6 Å². The van der Waals surface area contributed by atoms with Gasteiger partial charge in [0.05, 0.1) is 4.92 Å². The zero-order valence-electron chi connectivity index (χ0n) is 12.5. The molecule has 0 amide bonds. The first-order valence-corrected chi connectivity index (χ1v) is 6.42. The van der Waals surface area contributed by atoms with Crippen molar-refractivity contribution in [1.29, 1.82) is 0 Å². The number of aryl methyl sites for hydroxylation is 1. The first-order chi connectivity index (χ1) is 10.4. The summed E-state index contributed by atoms with van der Waals surface area (Å²) in [6.45, 7) is 1.78. The standard InChI is InChI=1S/C13H16N6O3/c1-8-4-5-9(19(20)21)10(6-8)22-7-11-15-12(14)17-13(16-11)18(2)3/h4-6H,7H2,1-3H3,(H2,14,15,16,17). The Hall–Kier alpha value is -2.97. The van der Waals surface area contributed by atoms with Crippen molar-refractivity contribution < 1.29 is 9.66 Å². The molecule has 0 unspecified atom stereocenters. The number of benzene rings is 1. The van der Waals surface area contributed by atoms with E-state index in [-0.39, 0.29) is 24.0 Å². The van der Waals surface area contributed by atoms with Crippen LogP contribution >= 0.6 is 0 Å². The lowest BCUT2D eigenvalue weighted by Crippen LogP contribution is -2.17. The molecule has 9 nitrogen and oxygen atoms in total. The second-order valence-electron chi connectivity index (χ2n) is 4.82. The Bertz CT molecular complexity index is 704. The number of nitro benzene ring substituents is 1. The minimum atomic E-state index is -0.498. The number of ether oxygens (including phenoxy) is 1. The third-order valence-electron chi connectivity index (χ3n) is 2.76. The minimum absolute atomic E-state index is 0.0438. The van der Waals surface area contributed by atoms with Crippen LogP contribution in [0.1, 0.15) is 11.4 Å². The lowest BCUT2D eigenvalue weighted by molar-refractivity contribution is -0.386. The highest BCUT2D eigenvalue weighted by molar-refractivity contribution is 5.48. The quantitative estimate of drug-likeness (QED) is 0.648. The summed E-state index contributed by atoms with van der Waals surface area (Å²) >= 11 is 0. The van der Waals surface area contributed by atoms with Gasteiger partial charge in [-0.2, -0.15) is 15.0 Å². The van der Waals surface area contributed by atoms with E-state index in [4.69, 9.17) is 10.5 Å². The molecule has 1 heterocycles. The maximum atomic E-state index is 11.0. The highest BCUT2D eigenvalue weighted by atomic mass is 16.6. The molecule has 0 atom stereocenters. The van der Waals surface area contributed by atoms with Gasteiger partial charge in [-0.25, -0.2) is 0 Å². The van der Waals surface area contributed by atoms with Crippen molar-refractivity contribution in [3.05, 3.63) is 39.7 Å². The Labute approximate surface area is 126 Å². The number of hydrogen-bond donors (Lipinski definition) is 1. The number of rotatable bonds is 5. The fourth-order valence-electron chi connectivity index (χ4n) is 1.72. The molecule has 0 fully saturated rings. The van der Waals surface area contributed by atoms with Crippen molar-refractivity contribution in [2.24, 2.45) is 0 Å². The maximum Gasteiger partial charge on any atom is 0.310 e. The molecule has 0 spiro atoms. The number of aromatic nitrogens is 3. The minimum Gasteiger partial charge on any atom is -0.479 e. The molecule has 22 heavy (non-hydrogen) atoms. The Morgan fingerprint density at radius 3 is 2.68 bits per heavy atom. The largest absolute Gasteiger partial charge is 0.479 e. The average Bonchev–Trinajstić information content (AvgIpc) is 2.44. The molecule has 2 aromatic rings. The van der Waals surface area contributed by atoms with Gasteiger partial charge in [-0.15, -0.1) is 0 Å². The summed E-state index contributed by atoms with van der Waals surface area (Å²) in [5.74, 6) is 0.920. The van der Waals surface area contributed by atoms with Crippen molar-refractivity contribution in [3.63, 3.8) is 0 Å². The zero-order valence-corrected chi connectivity index (χ0v) is 12.5. The highest BCUT2D eigenvalue weighted by Gasteiger charge is 2.16. The second-order valence-corrected chi connectivity index (χ2v) is 4.82. The normalized spacial score (nSPS) is 10.3. The molecular formula is C13H16N6O3. The Balaban J connectivity index is 2.23. The molecule has 1 aromatic carbocycles. The van der Waals surface area contributed by atoms with Crippen molar-refractivity contribution in [3.8, 4) is 5.75 Å². The third-order valence-corrected chi connectivity index (χ3v) is 2.76. The van der Waals surface area contributed by atoms with E-state index < -0.39 is 4.92 Å². The van der Waals surface area contributed by atoms with Crippen LogP contribution in [0.15, 0.2) is 18.2 Å². The summed E-state index contributed by atoms with van der Waals surface area (Å²) in [5.41, 5.74) is 6.36. The molecular weight excluding hydrogens is 288 g/mol. The lowest BCUT2D eigenvalue weighted by Gasteiger charge is -2.12. The van der Waals surface area contributed by atoms with Gasteiger partial charge in [-0.1, -0.05) is 6.07 Å². The molecule has 116 valence electrons. The number of anilines is 2. The van der Waals surface area contributed by atoms with Crippen LogP contribution in [0.2, 0.25) is 0 Å². The molecule has 0 saturated carbocycles. The van der Waals surface area contributed by atoms with Crippen LogP contribution in [-0.2, 0) is 6.61 Å². The van der Waals surface area contributed by atoms with Crippen LogP contribution in [0.3, 0.4) is 0 Å². The van der Waals surface area contributed by atoms with Crippen LogP contribution in [0.4, 0.5) is 17.6 Å². The first kappa shape index (κ1) is 15.4. The van der Waals surface area contributed by atoms with Gasteiger partial charge in [0, 0.05) is 20.2 Å². The molecule has 0 aliphatic carbocycles. The Morgan fingerprint density at radius 2 is 2.05 bits per heavy atom. The summed E-state index contributed by atoms with van der Waals surface area (Å²) in [6, 6.07) is 4.64. The van der Waals surface area contributed by atoms with E-state index in [2.05, 4.69) is 15.0 Å². The predicted octanol–water partition coefficient (Wildman–Crippen LogP) is 1.32. The molecule has 0 aliphatic heterocycles. The van der Waals surface area contributed by atoms with E-state index in [9.17, 15) is 10.1 Å². The van der Waals surface area contributed by atoms with Crippen molar-refractivity contribution >= 4 is 17.6 Å². The molecule has 0 bridgehead atoms. The maximum absolute atomic E-state index is 11.0. The summed E-state index contributed by atoms with van der Waals surface area (Å²) in [7, 11) is 3.54. The summed E-state index contributed by atoms with van der Waals surface area (Å²) in [4.78, 5) is 24.3. The fraction of sp³-hybridized carbons (Fsp3) is 0.308. The third kappa shape index (κ3) is 3.57. The summed E-state index contributed by atoms with van der Waals surface area (Å²) in [5, 5.41) is 11.0. The molecule has 2 N–H and O–H groups in total. The van der Waals surface area contributed by atoms with E-state index in [1.807, 2.05) is 6.92 Å². The number of nitrogens with two attached hydrogens (primary N) is 1. The van der Waals surface area contributed by atoms with Crippen LogP contribution in [0.25, 0.3) is 0 Å². The van der Waals surface area contributed by atoms with Crippen molar-refractivity contribution in [2.75, 3.05) is 24.7 Å². The van der Waals surface area contributed by atoms with E-state index in [1.54, 1.807) is 31.1 Å². The van der Waals surface area contributed by atoms with Crippen LogP contribution in [0, 0.1) is 17.0 Å². The molecule has 0 saturated heterocycles. The topological polar surface area (TPSA) is 120 Å². The van der Waals surface area contributed by atoms with Gasteiger partial charge in [0.2, 0.25) is 11.9 Å². The summed E-state index contributed by atoms with van der Waals surface area (Å²) < 4.78 is 5.49. The lowest BCUT2D eigenvalue weighted by atomic mass is 10.2. The van der Waals surface area contributed by atoms with Crippen LogP contribution in [0.5, 0.6) is 5.75 Å². The fourth-order valence-corrected chi connectivity index (χ4v) is 1.72. The molecule has 1 aromatic heterocycles. The van der Waals surface area contributed by atoms with Gasteiger partial charge < -0.3 is 15.4 Å². The van der Waals surface area contributed by atoms with Gasteiger partial charge in [0.15, 0.2) is 11.6 Å². The Kier molecular flexibility index (Phi) is 4.35. The van der Waals surface area contributed by atoms with Crippen molar-refractivity contribution in [1.82, 2.24) is 15.0 Å². The van der Waals surface area contributed by atoms with Crippen LogP contribution < -0.4 is 15.4 Å². The zero-order chi connectivity index (χ0) is 16.3. The molecule has 0 aliphatic rings. The highest BCUT2D eigenvalue weighted by Crippen LogP contribution is 2.28. The second kappa shape index (κ2) is 6.20. The predicted molar refractivity (Wildman–Crippen MR) is 80.7 cm³/mol. The van der Waals surface area contributed by atoms with Gasteiger partial charge in [0.25, 0.3) is 0 Å². The SMILES string of the molecule is Cc1ccc([N+](=O)[O-])c(OCc2nc(N)nc(N(C)C)n2)c1. The molecule has 0 radical (unpaired) electrons. The van der Waals surface area contributed by atoms with Gasteiger partial charge in [-0.3, -0.25) is 10.1 Å². The van der Waals surface area contributed by atoms with Crippen LogP contribution in [-0.4, -0.2) is 34.0 Å². The number of hydrogen-bond acceptors (Lipinski definition) is 8.